The highest BCUT2D eigenvalue weighted by Crippen LogP contribution is 2.24. The molecule has 1 N–H and O–H groups in total. The summed E-state index contributed by atoms with van der Waals surface area (Å²) in [4.78, 5) is 27.8. The Hall–Kier alpha value is -3.56. The third kappa shape index (κ3) is 5.16. The molecule has 0 aliphatic carbocycles. The number of nitrogens with zero attached hydrogens (tertiary/aromatic N) is 3. The zero-order valence-electron chi connectivity index (χ0n) is 19.2. The van der Waals surface area contributed by atoms with Gasteiger partial charge in [-0.1, -0.05) is 24.3 Å². The fraction of sp³-hybridized carbons (Fsp3) is 0.320. The van der Waals surface area contributed by atoms with E-state index in [-0.39, 0.29) is 24.0 Å². The molecule has 34 heavy (non-hydrogen) atoms. The predicted octanol–water partition coefficient (Wildman–Crippen LogP) is 2.49. The summed E-state index contributed by atoms with van der Waals surface area (Å²) in [6.07, 6.45) is 0. The molecule has 0 saturated carbocycles. The van der Waals surface area contributed by atoms with Crippen molar-refractivity contribution < 1.29 is 18.7 Å². The maximum absolute atomic E-state index is 14.3. The zero-order valence-corrected chi connectivity index (χ0v) is 19.2. The van der Waals surface area contributed by atoms with Gasteiger partial charge in [0.25, 0.3) is 5.91 Å². The summed E-state index contributed by atoms with van der Waals surface area (Å²) in [5.74, 6) is -0.368. The number of aryl methyl sites for hydroxylation is 1. The Morgan fingerprint density at radius 2 is 1.88 bits per heavy atom. The van der Waals surface area contributed by atoms with Gasteiger partial charge in [-0.3, -0.25) is 14.5 Å². The van der Waals surface area contributed by atoms with E-state index in [4.69, 9.17) is 9.47 Å². The number of benzene rings is 2. The van der Waals surface area contributed by atoms with Crippen LogP contribution < -0.4 is 15.5 Å². The normalized spacial score (nSPS) is 15.0. The quantitative estimate of drug-likeness (QED) is 0.576. The summed E-state index contributed by atoms with van der Waals surface area (Å²) in [7, 11) is 1.61. The summed E-state index contributed by atoms with van der Waals surface area (Å²) in [5.41, 5.74) is 0.789. The van der Waals surface area contributed by atoms with Crippen molar-refractivity contribution in [2.45, 2.75) is 13.0 Å². The molecule has 0 bridgehead atoms. The predicted molar refractivity (Wildman–Crippen MR) is 125 cm³/mol. The Morgan fingerprint density at radius 1 is 1.18 bits per heavy atom. The molecular weight excluding hydrogens is 439 g/mol. The highest BCUT2D eigenvalue weighted by molar-refractivity contribution is 5.92. The molecule has 178 valence electrons. The minimum absolute atomic E-state index is 0.127. The molecule has 0 radical (unpaired) electrons. The fourth-order valence-electron chi connectivity index (χ4n) is 4.02. The molecule has 1 atom stereocenters. The van der Waals surface area contributed by atoms with E-state index >= 15 is 0 Å². The molecule has 8 nitrogen and oxygen atoms in total. The molecular formula is C25H27FN4O4. The second-order valence-electron chi connectivity index (χ2n) is 8.01. The third-order valence-electron chi connectivity index (χ3n) is 5.85. The first kappa shape index (κ1) is 23.6. The number of aromatic nitrogens is 2. The number of rotatable bonds is 7. The van der Waals surface area contributed by atoms with Crippen molar-refractivity contribution in [2.75, 3.05) is 40.0 Å². The van der Waals surface area contributed by atoms with E-state index in [0.29, 0.717) is 18.9 Å². The minimum atomic E-state index is -0.609. The highest BCUT2D eigenvalue weighted by atomic mass is 19.1. The molecule has 1 fully saturated rings. The van der Waals surface area contributed by atoms with Crippen LogP contribution >= 0.6 is 0 Å². The van der Waals surface area contributed by atoms with Gasteiger partial charge >= 0.3 is 0 Å². The number of nitrogens with one attached hydrogen (secondary N) is 1. The molecule has 2 aromatic carbocycles. The van der Waals surface area contributed by atoms with E-state index in [2.05, 4.69) is 15.3 Å². The number of ether oxygens (including phenoxy) is 2. The van der Waals surface area contributed by atoms with Crippen LogP contribution in [0.1, 0.15) is 27.8 Å². The van der Waals surface area contributed by atoms with Gasteiger partial charge in [-0.05, 0) is 36.8 Å². The molecule has 1 aromatic heterocycles. The lowest BCUT2D eigenvalue weighted by Crippen LogP contribution is -2.44. The molecule has 2 heterocycles. The number of carbonyl (C=O) groups excluding carboxylic acids is 1. The maximum atomic E-state index is 14.3. The van der Waals surface area contributed by atoms with Crippen molar-refractivity contribution in [1.29, 1.82) is 0 Å². The standard InChI is InChI=1S/C25H27FN4O4/c1-17-15-23(31)24(28-30(17)21-6-4-3-5-20(21)26)25(32)27-16-22(29-11-13-34-14-12-29)18-7-9-19(33-2)10-8-18/h3-10,15,22H,11-14,16H2,1-2H3,(H,27,32)/t22-/m1/s1. The third-order valence-corrected chi connectivity index (χ3v) is 5.85. The van der Waals surface area contributed by atoms with Gasteiger partial charge in [0.1, 0.15) is 17.3 Å². The smallest absolute Gasteiger partial charge is 0.275 e. The van der Waals surface area contributed by atoms with Crippen LogP contribution in [0.3, 0.4) is 0 Å². The average molecular weight is 467 g/mol. The molecule has 1 amide bonds. The van der Waals surface area contributed by atoms with Gasteiger partial charge in [0.05, 0.1) is 26.4 Å². The Bertz CT molecular complexity index is 1210. The second kappa shape index (κ2) is 10.6. The monoisotopic (exact) mass is 466 g/mol. The van der Waals surface area contributed by atoms with Crippen LogP contribution in [0.25, 0.3) is 5.69 Å². The number of methoxy groups -OCH3 is 1. The molecule has 1 saturated heterocycles. The summed E-state index contributed by atoms with van der Waals surface area (Å²) in [6.45, 7) is 4.55. The van der Waals surface area contributed by atoms with E-state index in [9.17, 15) is 14.0 Å². The van der Waals surface area contributed by atoms with Crippen LogP contribution in [-0.4, -0.2) is 60.5 Å². The van der Waals surface area contributed by atoms with Gasteiger partial charge in [0, 0.05) is 31.4 Å². The van der Waals surface area contributed by atoms with Crippen molar-refractivity contribution >= 4 is 5.91 Å². The van der Waals surface area contributed by atoms with Gasteiger partial charge in [-0.2, -0.15) is 5.10 Å². The molecule has 0 unspecified atom stereocenters. The van der Waals surface area contributed by atoms with Crippen LogP contribution in [-0.2, 0) is 4.74 Å². The van der Waals surface area contributed by atoms with E-state index in [1.165, 1.54) is 16.8 Å². The number of carbonyl (C=O) groups is 1. The van der Waals surface area contributed by atoms with Crippen LogP contribution in [0, 0.1) is 12.7 Å². The van der Waals surface area contributed by atoms with Crippen LogP contribution in [0.5, 0.6) is 5.75 Å². The molecule has 1 aliphatic heterocycles. The number of morpholine rings is 1. The van der Waals surface area contributed by atoms with Gasteiger partial charge in [0.15, 0.2) is 5.69 Å². The van der Waals surface area contributed by atoms with Gasteiger partial charge in [-0.15, -0.1) is 0 Å². The van der Waals surface area contributed by atoms with Crippen LogP contribution in [0.15, 0.2) is 59.4 Å². The van der Waals surface area contributed by atoms with Crippen molar-refractivity contribution in [3.8, 4) is 11.4 Å². The van der Waals surface area contributed by atoms with Gasteiger partial charge in [0.2, 0.25) is 5.43 Å². The lowest BCUT2D eigenvalue weighted by Gasteiger charge is -2.35. The van der Waals surface area contributed by atoms with Gasteiger partial charge < -0.3 is 14.8 Å². The summed E-state index contributed by atoms with van der Waals surface area (Å²) in [5, 5.41) is 7.05. The molecule has 0 spiro atoms. The Balaban J connectivity index is 1.58. The largest absolute Gasteiger partial charge is 0.497 e. The van der Waals surface area contributed by atoms with E-state index in [1.54, 1.807) is 32.2 Å². The van der Waals surface area contributed by atoms with E-state index < -0.39 is 17.2 Å². The average Bonchev–Trinajstić information content (AvgIpc) is 2.86. The topological polar surface area (TPSA) is 85.7 Å². The molecule has 4 rings (SSSR count). The van der Waals surface area contributed by atoms with E-state index in [1.807, 2.05) is 24.3 Å². The Morgan fingerprint density at radius 3 is 2.56 bits per heavy atom. The first-order valence-corrected chi connectivity index (χ1v) is 11.1. The Labute approximate surface area is 196 Å². The highest BCUT2D eigenvalue weighted by Gasteiger charge is 2.25. The SMILES string of the molecule is COc1ccc([C@@H](CNC(=O)c2nn(-c3ccccc3F)c(C)cc2=O)N2CCOCC2)cc1. The van der Waals surface area contributed by atoms with Crippen LogP contribution in [0.2, 0.25) is 0 Å². The van der Waals surface area contributed by atoms with Crippen LogP contribution in [0.4, 0.5) is 4.39 Å². The summed E-state index contributed by atoms with van der Waals surface area (Å²) in [6, 6.07) is 14.9. The number of halogens is 1. The molecule has 9 heteroatoms. The molecule has 3 aromatic rings. The minimum Gasteiger partial charge on any atom is -0.497 e. The second-order valence-corrected chi connectivity index (χ2v) is 8.01. The number of para-hydroxylation sites is 1. The Kier molecular flexibility index (Phi) is 7.34. The van der Waals surface area contributed by atoms with E-state index in [0.717, 1.165) is 24.4 Å². The van der Waals surface area contributed by atoms with Crippen molar-refractivity contribution in [3.63, 3.8) is 0 Å². The number of hydrogen-bond donors (Lipinski definition) is 1. The first-order chi connectivity index (χ1) is 16.5. The van der Waals surface area contributed by atoms with Gasteiger partial charge in [-0.25, -0.2) is 9.07 Å². The number of amides is 1. The number of hydrogen-bond acceptors (Lipinski definition) is 6. The van der Waals surface area contributed by atoms with Crippen molar-refractivity contribution in [3.05, 3.63) is 87.6 Å². The first-order valence-electron chi connectivity index (χ1n) is 11.1. The fourth-order valence-corrected chi connectivity index (χ4v) is 4.02. The van der Waals surface area contributed by atoms with Crippen molar-refractivity contribution in [2.24, 2.45) is 0 Å². The maximum Gasteiger partial charge on any atom is 0.275 e. The lowest BCUT2D eigenvalue weighted by molar-refractivity contribution is 0.0162. The summed E-state index contributed by atoms with van der Waals surface area (Å²) < 4.78 is 26.3. The molecule has 1 aliphatic rings. The summed E-state index contributed by atoms with van der Waals surface area (Å²) >= 11 is 0. The zero-order chi connectivity index (χ0) is 24.1. The van der Waals surface area contributed by atoms with Crippen molar-refractivity contribution in [1.82, 2.24) is 20.0 Å². The lowest BCUT2D eigenvalue weighted by atomic mass is 10.0.